The Bertz CT molecular complexity index is 1180. The third-order valence-electron chi connectivity index (χ3n) is 4.85. The number of halogens is 1. The Hall–Kier alpha value is -3.88. The summed E-state index contributed by atoms with van der Waals surface area (Å²) in [5, 5.41) is 2.51. The summed E-state index contributed by atoms with van der Waals surface area (Å²) < 4.78 is 27.1. The predicted octanol–water partition coefficient (Wildman–Crippen LogP) is 2.82. The number of aromatic nitrogens is 2. The van der Waals surface area contributed by atoms with Crippen molar-refractivity contribution < 1.29 is 23.5 Å². The molecule has 8 nitrogen and oxygen atoms in total. The number of amides is 1. The van der Waals surface area contributed by atoms with Gasteiger partial charge >= 0.3 is 5.97 Å². The van der Waals surface area contributed by atoms with Crippen LogP contribution in [0.2, 0.25) is 0 Å². The molecular formula is C22H22FN3O5. The quantitative estimate of drug-likeness (QED) is 0.611. The van der Waals surface area contributed by atoms with Gasteiger partial charge in [0.1, 0.15) is 17.3 Å². The van der Waals surface area contributed by atoms with E-state index >= 15 is 0 Å². The fraction of sp³-hybridized carbons (Fsp3) is 0.227. The van der Waals surface area contributed by atoms with E-state index in [2.05, 4.69) is 5.32 Å². The van der Waals surface area contributed by atoms with Crippen LogP contribution < -0.4 is 15.6 Å². The number of nitrogens with zero attached hydrogens (tertiary/aromatic N) is 2. The van der Waals surface area contributed by atoms with Gasteiger partial charge in [0, 0.05) is 13.1 Å². The number of nitrogens with one attached hydrogen (secondary N) is 1. The molecule has 0 aliphatic rings. The largest absolute Gasteiger partial charge is 0.497 e. The summed E-state index contributed by atoms with van der Waals surface area (Å²) >= 11 is 0. The van der Waals surface area contributed by atoms with E-state index in [0.29, 0.717) is 11.4 Å². The molecule has 0 saturated heterocycles. The minimum atomic E-state index is -1.27. The van der Waals surface area contributed by atoms with Crippen LogP contribution in [-0.4, -0.2) is 34.5 Å². The average Bonchev–Trinajstić information content (AvgIpc) is 2.97. The fourth-order valence-electron chi connectivity index (χ4n) is 3.00. The number of hydrogen-bond acceptors (Lipinski definition) is 5. The van der Waals surface area contributed by atoms with Crippen LogP contribution in [0.4, 0.5) is 10.1 Å². The summed E-state index contributed by atoms with van der Waals surface area (Å²) in [4.78, 5) is 37.7. The zero-order chi connectivity index (χ0) is 22.7. The number of anilines is 1. The van der Waals surface area contributed by atoms with Gasteiger partial charge in [-0.25, -0.2) is 13.9 Å². The molecule has 162 valence electrons. The summed E-state index contributed by atoms with van der Waals surface area (Å²) in [6.07, 6.45) is -1.27. The van der Waals surface area contributed by atoms with Gasteiger partial charge in [0.25, 0.3) is 11.5 Å². The van der Waals surface area contributed by atoms with Crippen LogP contribution >= 0.6 is 0 Å². The van der Waals surface area contributed by atoms with Crippen molar-refractivity contribution in [1.82, 2.24) is 9.36 Å². The molecule has 31 heavy (non-hydrogen) atoms. The number of carbonyl (C=O) groups excluding carboxylic acids is 2. The van der Waals surface area contributed by atoms with Gasteiger partial charge in [0.15, 0.2) is 6.10 Å². The highest BCUT2D eigenvalue weighted by Crippen LogP contribution is 2.18. The summed E-state index contributed by atoms with van der Waals surface area (Å²) in [6.45, 7) is 3.02. The van der Waals surface area contributed by atoms with Gasteiger partial charge in [-0.15, -0.1) is 0 Å². The molecule has 1 amide bonds. The Morgan fingerprint density at radius 3 is 2.42 bits per heavy atom. The SMILES string of the molecule is COc1ccc(C(=O)OC(C)C(=O)Nc2c(C)n(C)n(-c3ccccc3)c2=O)c(F)c1. The van der Waals surface area contributed by atoms with Crippen LogP contribution in [0.5, 0.6) is 5.75 Å². The van der Waals surface area contributed by atoms with Gasteiger partial charge in [-0.2, -0.15) is 0 Å². The van der Waals surface area contributed by atoms with Gasteiger partial charge in [-0.05, 0) is 38.1 Å². The van der Waals surface area contributed by atoms with Crippen LogP contribution in [0.3, 0.4) is 0 Å². The van der Waals surface area contributed by atoms with Crippen molar-refractivity contribution in [3.05, 3.63) is 76.0 Å². The first-order chi connectivity index (χ1) is 14.7. The first kappa shape index (κ1) is 21.8. The van der Waals surface area contributed by atoms with E-state index in [1.807, 2.05) is 6.07 Å². The Morgan fingerprint density at radius 1 is 1.13 bits per heavy atom. The van der Waals surface area contributed by atoms with E-state index < -0.39 is 29.4 Å². The molecule has 0 radical (unpaired) electrons. The number of esters is 1. The van der Waals surface area contributed by atoms with Gasteiger partial charge in [0.2, 0.25) is 0 Å². The van der Waals surface area contributed by atoms with Crippen molar-refractivity contribution in [3.8, 4) is 11.4 Å². The van der Waals surface area contributed by atoms with E-state index in [-0.39, 0.29) is 17.0 Å². The first-order valence-electron chi connectivity index (χ1n) is 9.44. The van der Waals surface area contributed by atoms with Crippen molar-refractivity contribution in [1.29, 1.82) is 0 Å². The number of ether oxygens (including phenoxy) is 2. The van der Waals surface area contributed by atoms with E-state index in [4.69, 9.17) is 9.47 Å². The minimum absolute atomic E-state index is 0.0647. The maximum absolute atomic E-state index is 14.1. The van der Waals surface area contributed by atoms with Gasteiger partial charge in [0.05, 0.1) is 24.1 Å². The van der Waals surface area contributed by atoms with Gasteiger partial charge < -0.3 is 14.8 Å². The van der Waals surface area contributed by atoms with Crippen molar-refractivity contribution in [2.75, 3.05) is 12.4 Å². The molecule has 0 aliphatic carbocycles. The smallest absolute Gasteiger partial charge is 0.341 e. The molecule has 3 aromatic rings. The second-order valence-corrected chi connectivity index (χ2v) is 6.82. The zero-order valence-electron chi connectivity index (χ0n) is 17.5. The van der Waals surface area contributed by atoms with Gasteiger partial charge in [-0.3, -0.25) is 14.3 Å². The molecule has 1 heterocycles. The maximum atomic E-state index is 14.1. The highest BCUT2D eigenvalue weighted by molar-refractivity contribution is 5.97. The summed E-state index contributed by atoms with van der Waals surface area (Å²) in [5.41, 5.74) is 0.451. The molecule has 0 bridgehead atoms. The molecule has 1 aromatic heterocycles. The van der Waals surface area contributed by atoms with Crippen molar-refractivity contribution in [2.24, 2.45) is 7.05 Å². The lowest BCUT2D eigenvalue weighted by Gasteiger charge is -2.13. The van der Waals surface area contributed by atoms with Crippen molar-refractivity contribution >= 4 is 17.6 Å². The summed E-state index contributed by atoms with van der Waals surface area (Å²) in [6, 6.07) is 12.6. The Morgan fingerprint density at radius 2 is 1.81 bits per heavy atom. The Labute approximate surface area is 177 Å². The molecule has 1 atom stereocenters. The minimum Gasteiger partial charge on any atom is -0.497 e. The second kappa shape index (κ2) is 8.86. The number of para-hydroxylation sites is 1. The highest BCUT2D eigenvalue weighted by Gasteiger charge is 2.24. The number of benzene rings is 2. The zero-order valence-corrected chi connectivity index (χ0v) is 17.5. The second-order valence-electron chi connectivity index (χ2n) is 6.82. The van der Waals surface area contributed by atoms with E-state index in [0.717, 1.165) is 6.07 Å². The first-order valence-corrected chi connectivity index (χ1v) is 9.44. The predicted molar refractivity (Wildman–Crippen MR) is 112 cm³/mol. The van der Waals surface area contributed by atoms with Crippen LogP contribution in [0.1, 0.15) is 23.0 Å². The number of methoxy groups -OCH3 is 1. The lowest BCUT2D eigenvalue weighted by atomic mass is 10.2. The molecule has 0 spiro atoms. The summed E-state index contributed by atoms with van der Waals surface area (Å²) in [5.74, 6) is -2.31. The molecule has 1 unspecified atom stereocenters. The number of hydrogen-bond donors (Lipinski definition) is 1. The van der Waals surface area contributed by atoms with E-state index in [1.54, 1.807) is 42.9 Å². The molecule has 0 aliphatic heterocycles. The molecule has 0 saturated carbocycles. The van der Waals surface area contributed by atoms with E-state index in [9.17, 15) is 18.8 Å². The summed E-state index contributed by atoms with van der Waals surface area (Å²) in [7, 11) is 3.06. The lowest BCUT2D eigenvalue weighted by Crippen LogP contribution is -2.32. The van der Waals surface area contributed by atoms with Crippen molar-refractivity contribution in [3.63, 3.8) is 0 Å². The molecule has 9 heteroatoms. The molecule has 0 fully saturated rings. The third-order valence-corrected chi connectivity index (χ3v) is 4.85. The standard InChI is InChI=1S/C22H22FN3O5/c1-13-19(21(28)26(25(13)3)15-8-6-5-7-9-15)24-20(27)14(2)31-22(29)17-11-10-16(30-4)12-18(17)23/h5-12,14H,1-4H3,(H,24,27). The number of rotatable bonds is 6. The normalized spacial score (nSPS) is 11.6. The molecule has 2 aromatic carbocycles. The maximum Gasteiger partial charge on any atom is 0.341 e. The fourth-order valence-corrected chi connectivity index (χ4v) is 3.00. The molecule has 1 N–H and O–H groups in total. The van der Waals surface area contributed by atoms with Crippen LogP contribution in [-0.2, 0) is 16.6 Å². The third kappa shape index (κ3) is 4.35. The van der Waals surface area contributed by atoms with Crippen LogP contribution in [0.15, 0.2) is 53.3 Å². The number of carbonyl (C=O) groups is 2. The Kier molecular flexibility index (Phi) is 6.24. The monoisotopic (exact) mass is 427 g/mol. The average molecular weight is 427 g/mol. The van der Waals surface area contributed by atoms with Crippen molar-refractivity contribution in [2.45, 2.75) is 20.0 Å². The topological polar surface area (TPSA) is 91.6 Å². The molecule has 3 rings (SSSR count). The van der Waals surface area contributed by atoms with Gasteiger partial charge in [-0.1, -0.05) is 18.2 Å². The van der Waals surface area contributed by atoms with Crippen LogP contribution in [0.25, 0.3) is 5.69 Å². The van der Waals surface area contributed by atoms with E-state index in [1.165, 1.54) is 30.8 Å². The highest BCUT2D eigenvalue weighted by atomic mass is 19.1. The molecular weight excluding hydrogens is 405 g/mol. The van der Waals surface area contributed by atoms with Crippen LogP contribution in [0, 0.1) is 12.7 Å². The lowest BCUT2D eigenvalue weighted by molar-refractivity contribution is -0.123. The Balaban J connectivity index is 1.77.